The fourth-order valence-electron chi connectivity index (χ4n) is 2.27. The van der Waals surface area contributed by atoms with Crippen LogP contribution < -0.4 is 11.1 Å². The van der Waals surface area contributed by atoms with Crippen molar-refractivity contribution in [2.45, 2.75) is 31.7 Å². The molecule has 2 rings (SSSR count). The summed E-state index contributed by atoms with van der Waals surface area (Å²) in [5, 5.41) is 3.81. The quantitative estimate of drug-likeness (QED) is 0.863. The van der Waals surface area contributed by atoms with Crippen molar-refractivity contribution in [2.24, 2.45) is 5.73 Å². The highest BCUT2D eigenvalue weighted by molar-refractivity contribution is 6.30. The molecular formula is C13H17ClN2O. The maximum absolute atomic E-state index is 11.6. The molecule has 0 aliphatic heterocycles. The van der Waals surface area contributed by atoms with Crippen molar-refractivity contribution >= 4 is 17.5 Å². The summed E-state index contributed by atoms with van der Waals surface area (Å²) in [5.74, 6) is 0.0863. The SMILES string of the molecule is NCCCC(=O)NC1CCc2cc(Cl)ccc21. The lowest BCUT2D eigenvalue weighted by atomic mass is 10.1. The Morgan fingerprint density at radius 1 is 1.53 bits per heavy atom. The molecule has 0 aromatic heterocycles. The number of fused-ring (bicyclic) bond motifs is 1. The molecule has 1 aromatic rings. The van der Waals surface area contributed by atoms with Crippen LogP contribution in [0.25, 0.3) is 0 Å². The number of nitrogens with one attached hydrogen (secondary N) is 1. The second-order valence-corrected chi connectivity index (χ2v) is 4.83. The normalized spacial score (nSPS) is 17.9. The summed E-state index contributed by atoms with van der Waals surface area (Å²) in [6.07, 6.45) is 3.20. The number of benzene rings is 1. The van der Waals surface area contributed by atoms with Gasteiger partial charge in [0.05, 0.1) is 6.04 Å². The smallest absolute Gasteiger partial charge is 0.220 e. The molecule has 0 saturated carbocycles. The Morgan fingerprint density at radius 2 is 2.35 bits per heavy atom. The van der Waals surface area contributed by atoms with Crippen LogP contribution in [0.5, 0.6) is 0 Å². The fraction of sp³-hybridized carbons (Fsp3) is 0.462. The Kier molecular flexibility index (Phi) is 4.02. The van der Waals surface area contributed by atoms with Crippen LogP contribution in [0.4, 0.5) is 0 Å². The first-order valence-corrected chi connectivity index (χ1v) is 6.36. The zero-order chi connectivity index (χ0) is 12.3. The standard InChI is InChI=1S/C13H17ClN2O/c14-10-4-5-11-9(8-10)3-6-12(11)16-13(17)2-1-7-15/h4-5,8,12H,1-3,6-7,15H2,(H,16,17). The third-order valence-electron chi connectivity index (χ3n) is 3.13. The molecule has 4 heteroatoms. The summed E-state index contributed by atoms with van der Waals surface area (Å²) in [6, 6.07) is 6.03. The van der Waals surface area contributed by atoms with Crippen molar-refractivity contribution in [3.8, 4) is 0 Å². The lowest BCUT2D eigenvalue weighted by Crippen LogP contribution is -2.27. The van der Waals surface area contributed by atoms with Crippen LogP contribution in [0.15, 0.2) is 18.2 Å². The van der Waals surface area contributed by atoms with Gasteiger partial charge < -0.3 is 11.1 Å². The van der Waals surface area contributed by atoms with Crippen molar-refractivity contribution in [2.75, 3.05) is 6.54 Å². The van der Waals surface area contributed by atoms with Crippen LogP contribution in [0.1, 0.15) is 36.4 Å². The van der Waals surface area contributed by atoms with Crippen LogP contribution in [0.3, 0.4) is 0 Å². The Hall–Kier alpha value is -1.06. The van der Waals surface area contributed by atoms with E-state index in [1.165, 1.54) is 11.1 Å². The minimum absolute atomic E-state index is 0.0863. The Bertz CT molecular complexity index is 420. The van der Waals surface area contributed by atoms with Gasteiger partial charge in [0.15, 0.2) is 0 Å². The Labute approximate surface area is 106 Å². The molecule has 1 aliphatic carbocycles. The second kappa shape index (κ2) is 5.52. The molecule has 0 saturated heterocycles. The topological polar surface area (TPSA) is 55.1 Å². The number of carbonyl (C=O) groups is 1. The van der Waals surface area contributed by atoms with E-state index in [4.69, 9.17) is 17.3 Å². The molecule has 1 unspecified atom stereocenters. The third-order valence-corrected chi connectivity index (χ3v) is 3.36. The number of amides is 1. The number of rotatable bonds is 4. The Morgan fingerprint density at radius 3 is 3.12 bits per heavy atom. The molecule has 1 atom stereocenters. The van der Waals surface area contributed by atoms with Crippen LogP contribution >= 0.6 is 11.6 Å². The summed E-state index contributed by atoms with van der Waals surface area (Å²) in [6.45, 7) is 0.560. The number of aryl methyl sites for hydroxylation is 1. The molecule has 17 heavy (non-hydrogen) atoms. The van der Waals surface area contributed by atoms with Crippen molar-refractivity contribution in [1.29, 1.82) is 0 Å². The maximum atomic E-state index is 11.6. The van der Waals surface area contributed by atoms with Gasteiger partial charge in [0, 0.05) is 11.4 Å². The van der Waals surface area contributed by atoms with Crippen LogP contribution in [0.2, 0.25) is 5.02 Å². The van der Waals surface area contributed by atoms with Gasteiger partial charge in [0.2, 0.25) is 5.91 Å². The van der Waals surface area contributed by atoms with E-state index in [9.17, 15) is 4.79 Å². The highest BCUT2D eigenvalue weighted by atomic mass is 35.5. The summed E-state index contributed by atoms with van der Waals surface area (Å²) in [7, 11) is 0. The number of hydrogen-bond donors (Lipinski definition) is 2. The van der Waals surface area contributed by atoms with E-state index in [-0.39, 0.29) is 11.9 Å². The number of hydrogen-bond acceptors (Lipinski definition) is 2. The van der Waals surface area contributed by atoms with Crippen molar-refractivity contribution in [3.63, 3.8) is 0 Å². The number of nitrogens with two attached hydrogens (primary N) is 1. The van der Waals surface area contributed by atoms with E-state index in [1.807, 2.05) is 18.2 Å². The molecule has 1 amide bonds. The highest BCUT2D eigenvalue weighted by Crippen LogP contribution is 2.32. The summed E-state index contributed by atoms with van der Waals surface area (Å²) < 4.78 is 0. The van der Waals surface area contributed by atoms with E-state index >= 15 is 0 Å². The van der Waals surface area contributed by atoms with Crippen LogP contribution in [0, 0.1) is 0 Å². The molecule has 1 aliphatic rings. The molecule has 92 valence electrons. The highest BCUT2D eigenvalue weighted by Gasteiger charge is 2.23. The van der Waals surface area contributed by atoms with E-state index in [0.29, 0.717) is 13.0 Å². The second-order valence-electron chi connectivity index (χ2n) is 4.39. The first-order valence-electron chi connectivity index (χ1n) is 5.98. The summed E-state index contributed by atoms with van der Waals surface area (Å²) in [5.41, 5.74) is 7.84. The number of halogens is 1. The minimum Gasteiger partial charge on any atom is -0.349 e. The van der Waals surface area contributed by atoms with Crippen molar-refractivity contribution < 1.29 is 4.79 Å². The van der Waals surface area contributed by atoms with Gasteiger partial charge in [0.1, 0.15) is 0 Å². The van der Waals surface area contributed by atoms with E-state index in [0.717, 1.165) is 24.3 Å². The van der Waals surface area contributed by atoms with E-state index < -0.39 is 0 Å². The lowest BCUT2D eigenvalue weighted by Gasteiger charge is -2.14. The largest absolute Gasteiger partial charge is 0.349 e. The molecule has 0 fully saturated rings. The molecule has 0 spiro atoms. The average Bonchev–Trinajstić information content (AvgIpc) is 2.69. The molecule has 3 N–H and O–H groups in total. The lowest BCUT2D eigenvalue weighted by molar-refractivity contribution is -0.121. The van der Waals surface area contributed by atoms with Gasteiger partial charge in [-0.3, -0.25) is 4.79 Å². The number of carbonyl (C=O) groups excluding carboxylic acids is 1. The van der Waals surface area contributed by atoms with Gasteiger partial charge in [-0.05, 0) is 49.1 Å². The van der Waals surface area contributed by atoms with Crippen molar-refractivity contribution in [1.82, 2.24) is 5.32 Å². The predicted octanol–water partition coefficient (Wildman–Crippen LogP) is 2.18. The monoisotopic (exact) mass is 252 g/mol. The predicted molar refractivity (Wildman–Crippen MR) is 68.9 cm³/mol. The molecule has 0 bridgehead atoms. The maximum Gasteiger partial charge on any atom is 0.220 e. The fourth-order valence-corrected chi connectivity index (χ4v) is 2.46. The third kappa shape index (κ3) is 2.99. The van der Waals surface area contributed by atoms with Crippen molar-refractivity contribution in [3.05, 3.63) is 34.3 Å². The molecule has 1 aromatic carbocycles. The summed E-state index contributed by atoms with van der Waals surface area (Å²) in [4.78, 5) is 11.6. The first kappa shape index (κ1) is 12.4. The summed E-state index contributed by atoms with van der Waals surface area (Å²) >= 11 is 5.94. The van der Waals surface area contributed by atoms with Gasteiger partial charge in [-0.15, -0.1) is 0 Å². The average molecular weight is 253 g/mol. The zero-order valence-electron chi connectivity index (χ0n) is 9.71. The molecule has 3 nitrogen and oxygen atoms in total. The van der Waals surface area contributed by atoms with Crippen LogP contribution in [-0.4, -0.2) is 12.5 Å². The zero-order valence-corrected chi connectivity index (χ0v) is 10.5. The van der Waals surface area contributed by atoms with Gasteiger partial charge >= 0.3 is 0 Å². The van der Waals surface area contributed by atoms with Gasteiger partial charge in [-0.2, -0.15) is 0 Å². The van der Waals surface area contributed by atoms with Crippen LogP contribution in [-0.2, 0) is 11.2 Å². The first-order chi connectivity index (χ1) is 8.20. The Balaban J connectivity index is 2.00. The van der Waals surface area contributed by atoms with Gasteiger partial charge in [0.25, 0.3) is 0 Å². The molecule has 0 radical (unpaired) electrons. The molecule has 0 heterocycles. The van der Waals surface area contributed by atoms with Gasteiger partial charge in [-0.25, -0.2) is 0 Å². The minimum atomic E-state index is 0.0863. The molecular weight excluding hydrogens is 236 g/mol. The van der Waals surface area contributed by atoms with Gasteiger partial charge in [-0.1, -0.05) is 17.7 Å². The van der Waals surface area contributed by atoms with E-state index in [1.54, 1.807) is 0 Å². The van der Waals surface area contributed by atoms with E-state index in [2.05, 4.69) is 5.32 Å².